The molecule has 0 saturated carbocycles. The monoisotopic (exact) mass is 244 g/mol. The smallest absolute Gasteiger partial charge is 0.317 e. The lowest BCUT2D eigenvalue weighted by molar-refractivity contribution is -0.141. The van der Waals surface area contributed by atoms with E-state index in [0.717, 1.165) is 0 Å². The van der Waals surface area contributed by atoms with Gasteiger partial charge in [-0.05, 0) is 13.8 Å². The van der Waals surface area contributed by atoms with Crippen molar-refractivity contribution in [2.75, 3.05) is 39.4 Å². The van der Waals surface area contributed by atoms with E-state index in [9.17, 15) is 9.59 Å². The lowest BCUT2D eigenvalue weighted by Gasteiger charge is -2.30. The van der Waals surface area contributed by atoms with Gasteiger partial charge in [0, 0.05) is 19.1 Å². The molecule has 6 heteroatoms. The van der Waals surface area contributed by atoms with Gasteiger partial charge in [-0.1, -0.05) is 0 Å². The summed E-state index contributed by atoms with van der Waals surface area (Å²) < 4.78 is 5.17. The normalized spacial score (nSPS) is 16.6. The first kappa shape index (κ1) is 13.9. The molecule has 6 nitrogen and oxygen atoms in total. The molecule has 1 aliphatic rings. The minimum atomic E-state index is -0.909. The average molecular weight is 244 g/mol. The summed E-state index contributed by atoms with van der Waals surface area (Å²) in [4.78, 5) is 26.0. The number of aliphatic carboxylic acids is 1. The third-order valence-electron chi connectivity index (χ3n) is 2.77. The van der Waals surface area contributed by atoms with Crippen LogP contribution in [0.15, 0.2) is 0 Å². The minimum Gasteiger partial charge on any atom is -0.480 e. The Morgan fingerprint density at radius 2 is 1.88 bits per heavy atom. The number of nitrogens with zero attached hydrogens (tertiary/aromatic N) is 2. The van der Waals surface area contributed by atoms with Crippen molar-refractivity contribution in [2.45, 2.75) is 19.9 Å². The zero-order valence-electron chi connectivity index (χ0n) is 10.4. The van der Waals surface area contributed by atoms with E-state index in [1.807, 2.05) is 13.8 Å². The third-order valence-corrected chi connectivity index (χ3v) is 2.77. The van der Waals surface area contributed by atoms with Crippen LogP contribution in [-0.4, -0.2) is 72.2 Å². The van der Waals surface area contributed by atoms with Crippen molar-refractivity contribution in [3.8, 4) is 0 Å². The molecule has 1 fully saturated rings. The van der Waals surface area contributed by atoms with Gasteiger partial charge in [0.2, 0.25) is 5.91 Å². The van der Waals surface area contributed by atoms with Gasteiger partial charge in [-0.15, -0.1) is 0 Å². The summed E-state index contributed by atoms with van der Waals surface area (Å²) in [6, 6.07) is 0.0380. The number of carbonyl (C=O) groups excluding carboxylic acids is 1. The number of carboxylic acid groups (broad SMARTS) is 1. The van der Waals surface area contributed by atoms with E-state index in [4.69, 9.17) is 9.84 Å². The summed E-state index contributed by atoms with van der Waals surface area (Å²) in [5.74, 6) is -0.934. The van der Waals surface area contributed by atoms with Gasteiger partial charge < -0.3 is 14.7 Å². The SMILES string of the molecule is CC(C)N(CC(=O)O)CC(=O)N1CCOCC1. The van der Waals surface area contributed by atoms with E-state index in [1.165, 1.54) is 0 Å². The Morgan fingerprint density at radius 3 is 2.35 bits per heavy atom. The Hall–Kier alpha value is -1.14. The number of carbonyl (C=O) groups is 2. The van der Waals surface area contributed by atoms with Crippen molar-refractivity contribution < 1.29 is 19.4 Å². The predicted molar refractivity (Wildman–Crippen MR) is 61.7 cm³/mol. The number of morpholine rings is 1. The zero-order valence-corrected chi connectivity index (χ0v) is 10.4. The molecule has 0 radical (unpaired) electrons. The number of hydrogen-bond acceptors (Lipinski definition) is 4. The minimum absolute atomic E-state index is 0.0248. The van der Waals surface area contributed by atoms with E-state index in [0.29, 0.717) is 26.3 Å². The molecular formula is C11H20N2O4. The van der Waals surface area contributed by atoms with Crippen LogP contribution in [0.2, 0.25) is 0 Å². The average Bonchev–Trinajstić information content (AvgIpc) is 2.28. The molecule has 0 aromatic heterocycles. The van der Waals surface area contributed by atoms with Crippen LogP contribution < -0.4 is 0 Å². The molecular weight excluding hydrogens is 224 g/mol. The fraction of sp³-hybridized carbons (Fsp3) is 0.818. The second-order valence-corrected chi connectivity index (χ2v) is 4.39. The summed E-state index contributed by atoms with van der Waals surface area (Å²) in [5, 5.41) is 8.77. The summed E-state index contributed by atoms with van der Waals surface area (Å²) in [7, 11) is 0. The highest BCUT2D eigenvalue weighted by atomic mass is 16.5. The molecule has 1 heterocycles. The fourth-order valence-electron chi connectivity index (χ4n) is 1.68. The quantitative estimate of drug-likeness (QED) is 0.715. The molecule has 0 spiro atoms. The zero-order chi connectivity index (χ0) is 12.8. The number of hydrogen-bond donors (Lipinski definition) is 1. The molecule has 1 rings (SSSR count). The molecule has 0 atom stereocenters. The van der Waals surface area contributed by atoms with Gasteiger partial charge in [0.1, 0.15) is 0 Å². The summed E-state index contributed by atoms with van der Waals surface area (Å²) in [5.41, 5.74) is 0. The third kappa shape index (κ3) is 4.70. The van der Waals surface area contributed by atoms with Gasteiger partial charge in [0.15, 0.2) is 0 Å². The van der Waals surface area contributed by atoms with Crippen LogP contribution in [0, 0.1) is 0 Å². The van der Waals surface area contributed by atoms with Crippen molar-refractivity contribution >= 4 is 11.9 Å². The topological polar surface area (TPSA) is 70.1 Å². The maximum absolute atomic E-state index is 11.9. The van der Waals surface area contributed by atoms with E-state index in [2.05, 4.69) is 0 Å². The van der Waals surface area contributed by atoms with Gasteiger partial charge in [-0.3, -0.25) is 14.5 Å². The lowest BCUT2D eigenvalue weighted by Crippen LogP contribution is -2.48. The Kier molecular flexibility index (Phi) is 5.37. The predicted octanol–water partition coefficient (Wildman–Crippen LogP) is -0.360. The number of rotatable bonds is 5. The number of ether oxygens (including phenoxy) is 1. The van der Waals surface area contributed by atoms with Crippen LogP contribution in [0.4, 0.5) is 0 Å². The highest BCUT2D eigenvalue weighted by Crippen LogP contribution is 2.02. The van der Waals surface area contributed by atoms with E-state index in [-0.39, 0.29) is 25.0 Å². The first-order valence-corrected chi connectivity index (χ1v) is 5.82. The van der Waals surface area contributed by atoms with Crippen molar-refractivity contribution in [1.29, 1.82) is 0 Å². The Bertz CT molecular complexity index is 275. The highest BCUT2D eigenvalue weighted by Gasteiger charge is 2.22. The van der Waals surface area contributed by atoms with E-state index >= 15 is 0 Å². The molecule has 1 saturated heterocycles. The van der Waals surface area contributed by atoms with Gasteiger partial charge >= 0.3 is 5.97 Å². The van der Waals surface area contributed by atoms with Crippen molar-refractivity contribution in [2.24, 2.45) is 0 Å². The Balaban J connectivity index is 2.47. The van der Waals surface area contributed by atoms with Crippen LogP contribution in [0.3, 0.4) is 0 Å². The molecule has 1 N–H and O–H groups in total. The summed E-state index contributed by atoms with van der Waals surface area (Å²) >= 11 is 0. The second-order valence-electron chi connectivity index (χ2n) is 4.39. The molecule has 1 amide bonds. The standard InChI is InChI=1S/C11H20N2O4/c1-9(2)13(8-11(15)16)7-10(14)12-3-5-17-6-4-12/h9H,3-8H2,1-2H3,(H,15,16). The number of carboxylic acids is 1. The summed E-state index contributed by atoms with van der Waals surface area (Å²) in [6.45, 7) is 6.14. The first-order valence-electron chi connectivity index (χ1n) is 5.82. The molecule has 0 aromatic rings. The Labute approximate surface area is 101 Å². The number of amides is 1. The van der Waals surface area contributed by atoms with Crippen molar-refractivity contribution in [3.05, 3.63) is 0 Å². The van der Waals surface area contributed by atoms with Crippen molar-refractivity contribution in [1.82, 2.24) is 9.80 Å². The van der Waals surface area contributed by atoms with Crippen molar-refractivity contribution in [3.63, 3.8) is 0 Å². The lowest BCUT2D eigenvalue weighted by atomic mass is 10.3. The molecule has 98 valence electrons. The molecule has 0 unspecified atom stereocenters. The second kappa shape index (κ2) is 6.56. The van der Waals surface area contributed by atoms with Crippen LogP contribution >= 0.6 is 0 Å². The van der Waals surface area contributed by atoms with E-state index < -0.39 is 5.97 Å². The summed E-state index contributed by atoms with van der Waals surface area (Å²) in [6.07, 6.45) is 0. The van der Waals surface area contributed by atoms with Gasteiger partial charge in [0.05, 0.1) is 26.3 Å². The van der Waals surface area contributed by atoms with Crippen LogP contribution in [0.5, 0.6) is 0 Å². The first-order chi connectivity index (χ1) is 8.00. The van der Waals surface area contributed by atoms with E-state index in [1.54, 1.807) is 9.80 Å². The maximum Gasteiger partial charge on any atom is 0.317 e. The fourth-order valence-corrected chi connectivity index (χ4v) is 1.68. The highest BCUT2D eigenvalue weighted by molar-refractivity contribution is 5.79. The van der Waals surface area contributed by atoms with Crippen LogP contribution in [0.1, 0.15) is 13.8 Å². The van der Waals surface area contributed by atoms with Gasteiger partial charge in [-0.2, -0.15) is 0 Å². The maximum atomic E-state index is 11.9. The van der Waals surface area contributed by atoms with Crippen LogP contribution in [-0.2, 0) is 14.3 Å². The molecule has 17 heavy (non-hydrogen) atoms. The molecule has 0 aliphatic carbocycles. The van der Waals surface area contributed by atoms with Gasteiger partial charge in [0.25, 0.3) is 0 Å². The van der Waals surface area contributed by atoms with Crippen LogP contribution in [0.25, 0.3) is 0 Å². The van der Waals surface area contributed by atoms with Gasteiger partial charge in [-0.25, -0.2) is 0 Å². The molecule has 0 aromatic carbocycles. The molecule has 0 bridgehead atoms. The molecule has 1 aliphatic heterocycles. The Morgan fingerprint density at radius 1 is 1.29 bits per heavy atom. The largest absolute Gasteiger partial charge is 0.480 e.